The largest absolute Gasteiger partial charge is 0.462 e. The van der Waals surface area contributed by atoms with Crippen LogP contribution in [-0.2, 0) is 19.1 Å². The third-order valence-corrected chi connectivity index (χ3v) is 9.27. The standard InChI is InChI=1S/C24H34O6/c1-13-9-16-17-6-8-24(29,20(28)12-25)23(17,4)11-19(30-14(2)26)21(16)22(3)7-5-15(27)10-18(13)22/h10,13,16-17,19,21,25,29H,5-9,11-12H2,1-4H3/t13?,16-,17-,19?,21+,22-,23-,24-/m0/s1. The molecular weight excluding hydrogens is 384 g/mol. The van der Waals surface area contributed by atoms with Gasteiger partial charge in [-0.15, -0.1) is 0 Å². The molecule has 6 nitrogen and oxygen atoms in total. The molecule has 30 heavy (non-hydrogen) atoms. The number of allylic oxidation sites excluding steroid dienone is 1. The fraction of sp³-hybridized carbons (Fsp3) is 0.792. The van der Waals surface area contributed by atoms with E-state index >= 15 is 0 Å². The van der Waals surface area contributed by atoms with Gasteiger partial charge in [-0.05, 0) is 61.3 Å². The third kappa shape index (κ3) is 2.79. The molecule has 0 aromatic rings. The first-order valence-corrected chi connectivity index (χ1v) is 11.3. The molecule has 4 rings (SSSR count). The van der Waals surface area contributed by atoms with Gasteiger partial charge in [-0.25, -0.2) is 0 Å². The lowest BCUT2D eigenvalue weighted by Crippen LogP contribution is -2.63. The van der Waals surface area contributed by atoms with Gasteiger partial charge < -0.3 is 14.9 Å². The van der Waals surface area contributed by atoms with E-state index in [9.17, 15) is 24.6 Å². The van der Waals surface area contributed by atoms with Crippen molar-refractivity contribution in [1.82, 2.24) is 0 Å². The Hall–Kier alpha value is -1.53. The highest BCUT2D eigenvalue weighted by atomic mass is 16.5. The summed E-state index contributed by atoms with van der Waals surface area (Å²) in [6.07, 6.45) is 4.92. The SMILES string of the molecule is CC(=O)OC1C[C@@]2(C)[C@@H](CC[C@]2(O)C(=O)CO)[C@@H]2CC(C)C3=CC(=O)CC[C@]3(C)[C@@H]12. The smallest absolute Gasteiger partial charge is 0.302 e. The van der Waals surface area contributed by atoms with E-state index in [2.05, 4.69) is 13.8 Å². The predicted octanol–water partition coefficient (Wildman–Crippen LogP) is 2.60. The molecule has 6 heteroatoms. The lowest BCUT2D eigenvalue weighted by atomic mass is 9.44. The zero-order chi connectivity index (χ0) is 22.1. The molecule has 0 aromatic heterocycles. The van der Waals surface area contributed by atoms with Crippen molar-refractivity contribution in [2.45, 2.75) is 77.9 Å². The predicted molar refractivity (Wildman–Crippen MR) is 109 cm³/mol. The van der Waals surface area contributed by atoms with E-state index < -0.39 is 29.5 Å². The highest BCUT2D eigenvalue weighted by Crippen LogP contribution is 2.68. The molecule has 0 aromatic carbocycles. The number of Topliss-reactive ketones (excluding diaryl/α,β-unsaturated/α-hetero) is 1. The number of esters is 1. The van der Waals surface area contributed by atoms with Crippen LogP contribution in [0.1, 0.15) is 66.2 Å². The van der Waals surface area contributed by atoms with Gasteiger partial charge in [0, 0.05) is 24.7 Å². The topological polar surface area (TPSA) is 101 Å². The van der Waals surface area contributed by atoms with Crippen LogP contribution in [0.2, 0.25) is 0 Å². The molecule has 3 fully saturated rings. The maximum Gasteiger partial charge on any atom is 0.302 e. The van der Waals surface area contributed by atoms with Crippen LogP contribution < -0.4 is 0 Å². The zero-order valence-corrected chi connectivity index (χ0v) is 18.4. The molecule has 0 aliphatic heterocycles. The Morgan fingerprint density at radius 3 is 2.60 bits per heavy atom. The Kier molecular flexibility index (Phi) is 5.06. The molecule has 2 unspecified atom stereocenters. The van der Waals surface area contributed by atoms with Crippen molar-refractivity contribution >= 4 is 17.5 Å². The molecule has 3 saturated carbocycles. The summed E-state index contributed by atoms with van der Waals surface area (Å²) in [4.78, 5) is 36.9. The monoisotopic (exact) mass is 418 g/mol. The van der Waals surface area contributed by atoms with Crippen molar-refractivity contribution in [3.63, 3.8) is 0 Å². The van der Waals surface area contributed by atoms with Gasteiger partial charge in [0.05, 0.1) is 0 Å². The van der Waals surface area contributed by atoms with Crippen LogP contribution in [0.4, 0.5) is 0 Å². The molecule has 2 N–H and O–H groups in total. The van der Waals surface area contributed by atoms with Crippen molar-refractivity contribution < 1.29 is 29.3 Å². The van der Waals surface area contributed by atoms with Gasteiger partial charge in [0.25, 0.3) is 0 Å². The van der Waals surface area contributed by atoms with E-state index in [1.807, 2.05) is 13.0 Å². The molecular formula is C24H34O6. The summed E-state index contributed by atoms with van der Waals surface area (Å²) >= 11 is 0. The van der Waals surface area contributed by atoms with Gasteiger partial charge in [-0.2, -0.15) is 0 Å². The van der Waals surface area contributed by atoms with E-state index in [0.29, 0.717) is 25.7 Å². The number of carbonyl (C=O) groups excluding carboxylic acids is 3. The highest BCUT2D eigenvalue weighted by molar-refractivity contribution is 5.92. The van der Waals surface area contributed by atoms with E-state index in [1.165, 1.54) is 12.5 Å². The van der Waals surface area contributed by atoms with Crippen LogP contribution in [0.3, 0.4) is 0 Å². The molecule has 166 valence electrons. The summed E-state index contributed by atoms with van der Waals surface area (Å²) < 4.78 is 5.88. The van der Waals surface area contributed by atoms with Crippen molar-refractivity contribution in [3.05, 3.63) is 11.6 Å². The molecule has 0 heterocycles. The van der Waals surface area contributed by atoms with Crippen LogP contribution in [-0.4, -0.2) is 46.1 Å². The molecule has 8 atom stereocenters. The lowest BCUT2D eigenvalue weighted by molar-refractivity contribution is -0.197. The van der Waals surface area contributed by atoms with Gasteiger partial charge in [0.2, 0.25) is 0 Å². The van der Waals surface area contributed by atoms with Crippen molar-refractivity contribution in [2.24, 2.45) is 34.5 Å². The highest BCUT2D eigenvalue weighted by Gasteiger charge is 2.69. The molecule has 0 bridgehead atoms. The summed E-state index contributed by atoms with van der Waals surface area (Å²) in [7, 11) is 0. The van der Waals surface area contributed by atoms with Crippen LogP contribution in [0, 0.1) is 34.5 Å². The van der Waals surface area contributed by atoms with Crippen molar-refractivity contribution in [2.75, 3.05) is 6.61 Å². The number of hydrogen-bond donors (Lipinski definition) is 2. The van der Waals surface area contributed by atoms with E-state index in [1.54, 1.807) is 0 Å². The molecule has 0 radical (unpaired) electrons. The summed E-state index contributed by atoms with van der Waals surface area (Å²) in [6.45, 7) is 7.02. The number of aliphatic hydroxyl groups is 2. The first kappa shape index (κ1) is 21.7. The van der Waals surface area contributed by atoms with Gasteiger partial charge >= 0.3 is 5.97 Å². The lowest BCUT2D eigenvalue weighted by Gasteiger charge is -2.62. The minimum atomic E-state index is -1.60. The molecule has 4 aliphatic rings. The average Bonchev–Trinajstić information content (AvgIpc) is 2.94. The normalized spacial score (nSPS) is 47.6. The summed E-state index contributed by atoms with van der Waals surface area (Å²) in [5, 5.41) is 21.0. The minimum absolute atomic E-state index is 0.0570. The van der Waals surface area contributed by atoms with Crippen LogP contribution in [0.5, 0.6) is 0 Å². The van der Waals surface area contributed by atoms with Gasteiger partial charge in [0.1, 0.15) is 18.3 Å². The van der Waals surface area contributed by atoms with Crippen LogP contribution in [0.15, 0.2) is 11.6 Å². The molecule has 0 saturated heterocycles. The van der Waals surface area contributed by atoms with Gasteiger partial charge in [-0.3, -0.25) is 14.4 Å². The van der Waals surface area contributed by atoms with Crippen LogP contribution >= 0.6 is 0 Å². The summed E-state index contributed by atoms with van der Waals surface area (Å²) in [6, 6.07) is 0. The Morgan fingerprint density at radius 2 is 1.97 bits per heavy atom. The van der Waals surface area contributed by atoms with Crippen molar-refractivity contribution in [1.29, 1.82) is 0 Å². The Bertz CT molecular complexity index is 817. The van der Waals surface area contributed by atoms with E-state index in [-0.39, 0.29) is 40.8 Å². The first-order valence-electron chi connectivity index (χ1n) is 11.3. The minimum Gasteiger partial charge on any atom is -0.462 e. The number of aliphatic hydroxyl groups excluding tert-OH is 1. The molecule has 0 spiro atoms. The summed E-state index contributed by atoms with van der Waals surface area (Å²) in [5.41, 5.74) is -1.42. The maximum atomic E-state index is 12.6. The number of rotatable bonds is 3. The third-order valence-electron chi connectivity index (χ3n) is 9.27. The molecule has 4 aliphatic carbocycles. The number of carbonyl (C=O) groups is 3. The Balaban J connectivity index is 1.82. The fourth-order valence-electron chi connectivity index (χ4n) is 8.00. The van der Waals surface area contributed by atoms with Gasteiger partial charge in [0.15, 0.2) is 11.6 Å². The maximum absolute atomic E-state index is 12.6. The number of ether oxygens (including phenoxy) is 1. The summed E-state index contributed by atoms with van der Waals surface area (Å²) in [5.74, 6) is -0.167. The quantitative estimate of drug-likeness (QED) is 0.683. The first-order chi connectivity index (χ1) is 14.0. The van der Waals surface area contributed by atoms with E-state index in [0.717, 1.165) is 12.8 Å². The number of ketones is 2. The van der Waals surface area contributed by atoms with Crippen molar-refractivity contribution in [3.8, 4) is 0 Å². The van der Waals surface area contributed by atoms with E-state index in [4.69, 9.17) is 4.74 Å². The van der Waals surface area contributed by atoms with Gasteiger partial charge in [-0.1, -0.05) is 26.3 Å². The average molecular weight is 419 g/mol. The second-order valence-electron chi connectivity index (χ2n) is 10.7. The molecule has 0 amide bonds. The number of hydrogen-bond acceptors (Lipinski definition) is 6. The number of fused-ring (bicyclic) bond motifs is 5. The van der Waals surface area contributed by atoms with Crippen LogP contribution in [0.25, 0.3) is 0 Å². The zero-order valence-electron chi connectivity index (χ0n) is 18.4. The second-order valence-corrected chi connectivity index (χ2v) is 10.7. The fourth-order valence-corrected chi connectivity index (χ4v) is 8.00. The Morgan fingerprint density at radius 1 is 1.27 bits per heavy atom. The second kappa shape index (κ2) is 6.99. The Labute approximate surface area is 178 Å².